The first-order chi connectivity index (χ1) is 16.4. The van der Waals surface area contributed by atoms with E-state index in [1.54, 1.807) is 37.4 Å². The zero-order chi connectivity index (χ0) is 24.5. The molecule has 0 saturated carbocycles. The van der Waals surface area contributed by atoms with Gasteiger partial charge in [-0.1, -0.05) is 12.1 Å². The maximum absolute atomic E-state index is 12.7. The summed E-state index contributed by atoms with van der Waals surface area (Å²) < 4.78 is 18.9. The van der Waals surface area contributed by atoms with Crippen molar-refractivity contribution in [2.24, 2.45) is 0 Å². The molecular weight excluding hydrogens is 658 g/mol. The Labute approximate surface area is 226 Å². The summed E-state index contributed by atoms with van der Waals surface area (Å²) in [5.41, 5.74) is 2.24. The van der Waals surface area contributed by atoms with Crippen LogP contribution in [0.1, 0.15) is 18.1 Å². The van der Waals surface area contributed by atoms with Gasteiger partial charge in [0.05, 0.1) is 17.3 Å². The van der Waals surface area contributed by atoms with Gasteiger partial charge >= 0.3 is 0 Å². The average molecular weight is 680 g/mol. The Morgan fingerprint density at radius 1 is 1.06 bits per heavy atom. The summed E-state index contributed by atoms with van der Waals surface area (Å²) in [5.74, 6) is 1.34. The van der Waals surface area contributed by atoms with Gasteiger partial charge in [-0.25, -0.2) is 0 Å². The van der Waals surface area contributed by atoms with Crippen LogP contribution in [0.3, 0.4) is 0 Å². The van der Waals surface area contributed by atoms with Crippen molar-refractivity contribution < 1.29 is 19.0 Å². The van der Waals surface area contributed by atoms with Crippen molar-refractivity contribution in [1.82, 2.24) is 0 Å². The number of hydrogen-bond acceptors (Lipinski definition) is 5. The van der Waals surface area contributed by atoms with Crippen LogP contribution in [-0.4, -0.2) is 19.6 Å². The monoisotopic (exact) mass is 680 g/mol. The predicted octanol–water partition coefficient (Wildman–Crippen LogP) is 6.43. The molecule has 8 heteroatoms. The van der Waals surface area contributed by atoms with E-state index in [9.17, 15) is 10.1 Å². The Kier molecular flexibility index (Phi) is 9.59. The van der Waals surface area contributed by atoms with Crippen molar-refractivity contribution in [2.45, 2.75) is 13.5 Å². The third-order valence-corrected chi connectivity index (χ3v) is 6.17. The van der Waals surface area contributed by atoms with E-state index in [-0.39, 0.29) is 5.57 Å². The lowest BCUT2D eigenvalue weighted by Crippen LogP contribution is -2.13. The van der Waals surface area contributed by atoms with E-state index in [2.05, 4.69) is 50.5 Å². The van der Waals surface area contributed by atoms with E-state index in [0.717, 1.165) is 12.7 Å². The number of anilines is 1. The molecule has 0 fully saturated rings. The van der Waals surface area contributed by atoms with Crippen LogP contribution in [0, 0.1) is 18.5 Å². The molecular formula is C26H22I2N2O4. The first-order valence-electron chi connectivity index (χ1n) is 10.3. The second-order valence-electron chi connectivity index (χ2n) is 7.03. The second kappa shape index (κ2) is 12.6. The van der Waals surface area contributed by atoms with Gasteiger partial charge in [0, 0.05) is 9.26 Å². The van der Waals surface area contributed by atoms with Crippen molar-refractivity contribution in [3.63, 3.8) is 0 Å². The minimum Gasteiger partial charge on any atom is -0.494 e. The molecule has 174 valence electrons. The molecule has 34 heavy (non-hydrogen) atoms. The van der Waals surface area contributed by atoms with Gasteiger partial charge in [-0.15, -0.1) is 0 Å². The molecule has 0 aliphatic rings. The number of nitrogens with zero attached hydrogens (tertiary/aromatic N) is 1. The Balaban J connectivity index is 1.77. The fourth-order valence-electron chi connectivity index (χ4n) is 3.01. The molecule has 0 aromatic heterocycles. The lowest BCUT2D eigenvalue weighted by Gasteiger charge is -2.14. The van der Waals surface area contributed by atoms with E-state index in [1.165, 1.54) is 6.08 Å². The average Bonchev–Trinajstić information content (AvgIpc) is 2.84. The smallest absolute Gasteiger partial charge is 0.266 e. The van der Waals surface area contributed by atoms with Crippen LogP contribution in [0.5, 0.6) is 17.2 Å². The lowest BCUT2D eigenvalue weighted by atomic mass is 10.1. The molecule has 0 radical (unpaired) electrons. The van der Waals surface area contributed by atoms with Crippen LogP contribution in [0.15, 0.2) is 66.2 Å². The van der Waals surface area contributed by atoms with Crippen LogP contribution in [0.25, 0.3) is 6.08 Å². The summed E-state index contributed by atoms with van der Waals surface area (Å²) in [6.07, 6.45) is 1.53. The highest BCUT2D eigenvalue weighted by molar-refractivity contribution is 14.1. The standard InChI is InChI=1S/C26H22I2N2O4/c1-3-33-22-10-8-21(9-11-22)30-26(31)19(15-29)12-18-13-23(28)25(24(14-18)32-2)34-16-17-4-6-20(27)7-5-17/h4-14H,3,16H2,1-2H3,(H,30,31)/b19-12-. The number of nitrogens with one attached hydrogen (secondary N) is 1. The van der Waals surface area contributed by atoms with Gasteiger partial charge < -0.3 is 19.5 Å². The summed E-state index contributed by atoms with van der Waals surface area (Å²) in [6.45, 7) is 2.86. The molecule has 0 atom stereocenters. The van der Waals surface area contributed by atoms with Crippen LogP contribution in [0.4, 0.5) is 5.69 Å². The quantitative estimate of drug-likeness (QED) is 0.160. The third kappa shape index (κ3) is 7.11. The molecule has 0 heterocycles. The zero-order valence-corrected chi connectivity index (χ0v) is 22.9. The fourth-order valence-corrected chi connectivity index (χ4v) is 4.15. The molecule has 1 amide bonds. The van der Waals surface area contributed by atoms with Crippen LogP contribution in [0.2, 0.25) is 0 Å². The summed E-state index contributed by atoms with van der Waals surface area (Å²) >= 11 is 4.42. The zero-order valence-electron chi connectivity index (χ0n) is 18.6. The van der Waals surface area contributed by atoms with Gasteiger partial charge in [-0.3, -0.25) is 4.79 Å². The van der Waals surface area contributed by atoms with Gasteiger partial charge in [0.1, 0.15) is 24.0 Å². The molecule has 3 rings (SSSR count). The largest absolute Gasteiger partial charge is 0.494 e. The van der Waals surface area contributed by atoms with E-state index in [1.807, 2.05) is 43.3 Å². The third-order valence-electron chi connectivity index (χ3n) is 4.65. The number of hydrogen-bond donors (Lipinski definition) is 1. The molecule has 0 aliphatic heterocycles. The van der Waals surface area contributed by atoms with Gasteiger partial charge in [0.15, 0.2) is 11.5 Å². The summed E-state index contributed by atoms with van der Waals surface area (Å²) in [6, 6.07) is 20.6. The molecule has 3 aromatic rings. The fraction of sp³-hybridized carbons (Fsp3) is 0.154. The number of halogens is 2. The number of nitriles is 1. The van der Waals surface area contributed by atoms with Crippen molar-refractivity contribution >= 4 is 62.9 Å². The maximum atomic E-state index is 12.7. The number of carbonyl (C=O) groups excluding carboxylic acids is 1. The van der Waals surface area contributed by atoms with E-state index >= 15 is 0 Å². The highest BCUT2D eigenvalue weighted by atomic mass is 127. The minimum atomic E-state index is -0.500. The molecule has 0 saturated heterocycles. The molecule has 1 N–H and O–H groups in total. The predicted molar refractivity (Wildman–Crippen MR) is 149 cm³/mol. The van der Waals surface area contributed by atoms with E-state index in [0.29, 0.717) is 41.7 Å². The minimum absolute atomic E-state index is 0.0284. The van der Waals surface area contributed by atoms with Crippen molar-refractivity contribution in [2.75, 3.05) is 19.0 Å². The van der Waals surface area contributed by atoms with Crippen LogP contribution >= 0.6 is 45.2 Å². The molecule has 0 bridgehead atoms. The van der Waals surface area contributed by atoms with Gasteiger partial charge in [-0.2, -0.15) is 5.26 Å². The van der Waals surface area contributed by atoms with Gasteiger partial charge in [0.25, 0.3) is 5.91 Å². The highest BCUT2D eigenvalue weighted by Crippen LogP contribution is 2.35. The van der Waals surface area contributed by atoms with Crippen LogP contribution < -0.4 is 19.5 Å². The number of ether oxygens (including phenoxy) is 3. The second-order valence-corrected chi connectivity index (χ2v) is 9.44. The van der Waals surface area contributed by atoms with Crippen molar-refractivity contribution in [3.05, 3.63) is 84.5 Å². The first kappa shape index (κ1) is 25.8. The van der Waals surface area contributed by atoms with E-state index < -0.39 is 5.91 Å². The summed E-state index contributed by atoms with van der Waals surface area (Å²) in [5, 5.41) is 12.3. The number of benzene rings is 3. The Morgan fingerprint density at radius 2 is 1.76 bits per heavy atom. The molecule has 3 aromatic carbocycles. The number of carbonyl (C=O) groups is 1. The lowest BCUT2D eigenvalue weighted by molar-refractivity contribution is -0.112. The SMILES string of the molecule is CCOc1ccc(NC(=O)/C(C#N)=C\c2cc(I)c(OCc3ccc(I)cc3)c(OC)c2)cc1. The molecule has 6 nitrogen and oxygen atoms in total. The Morgan fingerprint density at radius 3 is 2.38 bits per heavy atom. The molecule has 0 aliphatic carbocycles. The molecule has 0 unspecified atom stereocenters. The first-order valence-corrected chi connectivity index (χ1v) is 12.5. The maximum Gasteiger partial charge on any atom is 0.266 e. The Hall–Kier alpha value is -2.78. The number of rotatable bonds is 9. The molecule has 0 spiro atoms. The van der Waals surface area contributed by atoms with Gasteiger partial charge in [-0.05, 0) is 118 Å². The van der Waals surface area contributed by atoms with Gasteiger partial charge in [0.2, 0.25) is 0 Å². The topological polar surface area (TPSA) is 80.6 Å². The number of methoxy groups -OCH3 is 1. The normalized spacial score (nSPS) is 10.9. The summed E-state index contributed by atoms with van der Waals surface area (Å²) in [7, 11) is 1.56. The highest BCUT2D eigenvalue weighted by Gasteiger charge is 2.14. The van der Waals surface area contributed by atoms with E-state index in [4.69, 9.17) is 14.2 Å². The van der Waals surface area contributed by atoms with Crippen molar-refractivity contribution in [1.29, 1.82) is 5.26 Å². The summed E-state index contributed by atoms with van der Waals surface area (Å²) in [4.78, 5) is 12.7. The number of amides is 1. The van der Waals surface area contributed by atoms with Crippen LogP contribution in [-0.2, 0) is 11.4 Å². The van der Waals surface area contributed by atoms with Crippen molar-refractivity contribution in [3.8, 4) is 23.3 Å². The Bertz CT molecular complexity index is 1220.